The number of hydrogen-bond acceptors (Lipinski definition) is 3. The maximum absolute atomic E-state index is 13.4. The summed E-state index contributed by atoms with van der Waals surface area (Å²) in [6.45, 7) is 0. The van der Waals surface area contributed by atoms with Crippen molar-refractivity contribution in [1.29, 1.82) is 0 Å². The molecule has 2 aromatic heterocycles. The van der Waals surface area contributed by atoms with Crippen LogP contribution in [0.1, 0.15) is 29.1 Å². The Bertz CT molecular complexity index is 1470. The van der Waals surface area contributed by atoms with Crippen molar-refractivity contribution in [3.05, 3.63) is 118 Å². The minimum atomic E-state index is -3.56. The Balaban J connectivity index is 1.64. The van der Waals surface area contributed by atoms with E-state index in [-0.39, 0.29) is 5.56 Å². The molecule has 6 heteroatoms. The van der Waals surface area contributed by atoms with Crippen LogP contribution in [-0.4, -0.2) is 9.97 Å². The van der Waals surface area contributed by atoms with E-state index in [4.69, 9.17) is 16.2 Å². The van der Waals surface area contributed by atoms with Gasteiger partial charge in [0, 0.05) is 0 Å². The van der Waals surface area contributed by atoms with Gasteiger partial charge in [-0.2, -0.15) is 0 Å². The van der Waals surface area contributed by atoms with Gasteiger partial charge in [0.2, 0.25) is 0 Å². The van der Waals surface area contributed by atoms with Gasteiger partial charge in [-0.15, -0.1) is 0 Å². The van der Waals surface area contributed by atoms with Crippen LogP contribution in [0, 0.1) is 0 Å². The van der Waals surface area contributed by atoms with Gasteiger partial charge < -0.3 is 0 Å². The van der Waals surface area contributed by atoms with E-state index in [2.05, 4.69) is 41.4 Å². The van der Waals surface area contributed by atoms with Gasteiger partial charge in [-0.3, -0.25) is 0 Å². The molecule has 1 aliphatic carbocycles. The number of thiophene rings is 1. The molecule has 2 heterocycles. The average molecular weight is 517 g/mol. The van der Waals surface area contributed by atoms with Crippen molar-refractivity contribution in [3.63, 3.8) is 0 Å². The fraction of sp³-hybridized carbons (Fsp3) is 0.172. The minimum absolute atomic E-state index is 0.0414. The Morgan fingerprint density at radius 1 is 0.800 bits per heavy atom. The van der Waals surface area contributed by atoms with E-state index in [1.54, 1.807) is 11.3 Å². The molecule has 0 unspecified atom stereocenters. The van der Waals surface area contributed by atoms with Gasteiger partial charge in [-0.25, -0.2) is 0 Å². The van der Waals surface area contributed by atoms with E-state index in [0.29, 0.717) is 12.0 Å². The molecular weight excluding hydrogens is 491 g/mol. The standard InChI is InChI=1S/C29H26ClN2OPS/c30-34(21-12-4-1-5-13-21,22-14-6-2-7-15-22,23-16-8-3-9-17-23)20-26-31-28(33)27-24-18-10-11-19-25(24)35-29(27)32-26/h1-9,12-17H,10-11,18-20H2,(H,31,32,33). The van der Waals surface area contributed by atoms with Gasteiger partial charge in [-0.1, -0.05) is 0 Å². The third kappa shape index (κ3) is 3.59. The van der Waals surface area contributed by atoms with Crippen LogP contribution in [0.3, 0.4) is 0 Å². The SMILES string of the molecule is O=c1[nH]c(CP(Cl)(c2ccccc2)(c2ccccc2)c2ccccc2)nc2sc3c(c12)CCCC3. The molecule has 0 atom stereocenters. The number of halogens is 1. The van der Waals surface area contributed by atoms with Gasteiger partial charge in [0.25, 0.3) is 0 Å². The summed E-state index contributed by atoms with van der Waals surface area (Å²) in [5.74, 6) is -2.92. The van der Waals surface area contributed by atoms with Crippen LogP contribution in [0.25, 0.3) is 10.2 Å². The van der Waals surface area contributed by atoms with Gasteiger partial charge in [0.1, 0.15) is 0 Å². The summed E-state index contributed by atoms with van der Waals surface area (Å²) in [7, 11) is 0. The molecule has 0 bridgehead atoms. The fourth-order valence-electron chi connectivity index (χ4n) is 5.50. The van der Waals surface area contributed by atoms with Crippen molar-refractivity contribution < 1.29 is 0 Å². The number of rotatable bonds is 5. The quantitative estimate of drug-likeness (QED) is 0.289. The first-order valence-corrected chi connectivity index (χ1v) is 16.2. The van der Waals surface area contributed by atoms with Crippen LogP contribution < -0.4 is 21.5 Å². The van der Waals surface area contributed by atoms with Gasteiger partial charge in [0.05, 0.1) is 0 Å². The first-order valence-electron chi connectivity index (χ1n) is 12.0. The summed E-state index contributed by atoms with van der Waals surface area (Å²) >= 11 is 9.87. The Hall–Kier alpha value is -2.78. The molecule has 6 rings (SSSR count). The first-order chi connectivity index (χ1) is 17.1. The van der Waals surface area contributed by atoms with E-state index in [0.717, 1.165) is 45.4 Å². The molecule has 35 heavy (non-hydrogen) atoms. The van der Waals surface area contributed by atoms with Crippen LogP contribution in [0.4, 0.5) is 0 Å². The monoisotopic (exact) mass is 516 g/mol. The number of H-pyrrole nitrogens is 1. The van der Waals surface area contributed by atoms with Crippen LogP contribution >= 0.6 is 28.5 Å². The van der Waals surface area contributed by atoms with Crippen molar-refractivity contribution in [3.8, 4) is 0 Å². The molecule has 0 fully saturated rings. The second-order valence-corrected chi connectivity index (χ2v) is 16.8. The molecule has 1 N–H and O–H groups in total. The molecular formula is C29H26ClN2OPS. The summed E-state index contributed by atoms with van der Waals surface area (Å²) < 4.78 is 0. The molecule has 3 nitrogen and oxygen atoms in total. The fourth-order valence-corrected chi connectivity index (χ4v) is 12.7. The molecule has 0 radical (unpaired) electrons. The van der Waals surface area contributed by atoms with Crippen LogP contribution in [0.15, 0.2) is 95.8 Å². The Labute approximate surface area is 213 Å². The zero-order valence-corrected chi connectivity index (χ0v) is 21.8. The molecule has 1 aliphatic rings. The topological polar surface area (TPSA) is 45.8 Å². The number of aromatic nitrogens is 2. The average Bonchev–Trinajstić information content (AvgIpc) is 3.29. The van der Waals surface area contributed by atoms with Crippen molar-refractivity contribution in [2.45, 2.75) is 31.8 Å². The van der Waals surface area contributed by atoms with Crippen LogP contribution in [0.2, 0.25) is 0 Å². The Morgan fingerprint density at radius 3 is 1.86 bits per heavy atom. The number of aryl methyl sites for hydroxylation is 2. The van der Waals surface area contributed by atoms with Gasteiger partial charge in [-0.05, 0) is 0 Å². The zero-order valence-electron chi connectivity index (χ0n) is 19.3. The number of fused-ring (bicyclic) bond motifs is 3. The number of benzene rings is 3. The summed E-state index contributed by atoms with van der Waals surface area (Å²) in [4.78, 5) is 23.8. The predicted molar refractivity (Wildman–Crippen MR) is 152 cm³/mol. The molecule has 3 aromatic carbocycles. The first kappa shape index (κ1) is 22.7. The Morgan fingerprint density at radius 2 is 1.31 bits per heavy atom. The van der Waals surface area contributed by atoms with E-state index >= 15 is 0 Å². The zero-order chi connectivity index (χ0) is 23.9. The van der Waals surface area contributed by atoms with Gasteiger partial charge in [0.15, 0.2) is 0 Å². The number of hydrogen-bond donors (Lipinski definition) is 1. The predicted octanol–water partition coefficient (Wildman–Crippen LogP) is 6.05. The van der Waals surface area contributed by atoms with Gasteiger partial charge >= 0.3 is 214 Å². The van der Waals surface area contributed by atoms with Crippen LogP contribution in [0.5, 0.6) is 0 Å². The molecule has 0 saturated carbocycles. The molecule has 0 amide bonds. The summed E-state index contributed by atoms with van der Waals surface area (Å²) in [6, 6.07) is 31.0. The van der Waals surface area contributed by atoms with Crippen molar-refractivity contribution >= 4 is 54.7 Å². The van der Waals surface area contributed by atoms with E-state index in [9.17, 15) is 4.79 Å². The van der Waals surface area contributed by atoms with E-state index in [1.165, 1.54) is 16.9 Å². The molecule has 0 saturated heterocycles. The third-order valence-corrected chi connectivity index (χ3v) is 15.5. The van der Waals surface area contributed by atoms with E-state index < -0.39 is 5.96 Å². The normalized spacial score (nSPS) is 14.8. The second kappa shape index (κ2) is 8.71. The van der Waals surface area contributed by atoms with E-state index in [1.807, 2.05) is 54.6 Å². The summed E-state index contributed by atoms with van der Waals surface area (Å²) in [6.07, 6.45) is 4.75. The van der Waals surface area contributed by atoms with Crippen molar-refractivity contribution in [1.82, 2.24) is 9.97 Å². The number of nitrogens with zero attached hydrogens (tertiary/aromatic N) is 1. The molecule has 176 valence electrons. The Kier molecular flexibility index (Phi) is 5.64. The third-order valence-electron chi connectivity index (χ3n) is 7.20. The summed E-state index contributed by atoms with van der Waals surface area (Å²) in [5, 5.41) is 3.96. The second-order valence-electron chi connectivity index (χ2n) is 9.25. The summed E-state index contributed by atoms with van der Waals surface area (Å²) in [5.41, 5.74) is 1.16. The van der Waals surface area contributed by atoms with Crippen LogP contribution in [-0.2, 0) is 19.0 Å². The maximum atomic E-state index is 13.4. The number of aromatic amines is 1. The van der Waals surface area contributed by atoms with Crippen molar-refractivity contribution in [2.24, 2.45) is 0 Å². The number of nitrogens with one attached hydrogen (secondary N) is 1. The molecule has 0 aliphatic heterocycles. The molecule has 0 spiro atoms. The van der Waals surface area contributed by atoms with Crippen molar-refractivity contribution in [2.75, 3.05) is 0 Å². The molecule has 5 aromatic rings.